The predicted molar refractivity (Wildman–Crippen MR) is 84.3 cm³/mol. The maximum absolute atomic E-state index is 13.7. The van der Waals surface area contributed by atoms with Gasteiger partial charge in [0.05, 0.1) is 0 Å². The van der Waals surface area contributed by atoms with Gasteiger partial charge in [0.1, 0.15) is 4.90 Å². The number of amides is 2. The first kappa shape index (κ1) is 17.0. The lowest BCUT2D eigenvalue weighted by Crippen LogP contribution is -2.49. The number of carbonyl (C=O) groups excluding carboxylic acids is 2. The molecule has 0 aromatic heterocycles. The lowest BCUT2D eigenvalue weighted by molar-refractivity contribution is -0.138. The molecule has 0 radical (unpaired) electrons. The number of benzene rings is 1. The summed E-state index contributed by atoms with van der Waals surface area (Å²) in [4.78, 5) is 23.2. The summed E-state index contributed by atoms with van der Waals surface area (Å²) in [6.07, 6.45) is 1.30. The summed E-state index contributed by atoms with van der Waals surface area (Å²) in [5.74, 6) is -1.45. The molecule has 24 heavy (non-hydrogen) atoms. The van der Waals surface area contributed by atoms with Crippen LogP contribution in [0.25, 0.3) is 0 Å². The minimum atomic E-state index is -4.83. The molecule has 2 saturated heterocycles. The Balaban J connectivity index is 1.97. The summed E-state index contributed by atoms with van der Waals surface area (Å²) < 4.78 is 36.6. The highest BCUT2D eigenvalue weighted by molar-refractivity contribution is 7.86. The summed E-state index contributed by atoms with van der Waals surface area (Å²) in [5.41, 5.74) is 0.413. The van der Waals surface area contributed by atoms with E-state index in [0.29, 0.717) is 31.5 Å². The Morgan fingerprint density at radius 3 is 2.54 bits per heavy atom. The Hall–Kier alpha value is -1.80. The second-order valence-electron chi connectivity index (χ2n) is 6.30. The minimum Gasteiger partial charge on any atom is -0.316 e. The first-order valence-corrected chi connectivity index (χ1v) is 9.34. The number of imide groups is 1. The Bertz CT molecular complexity index is 765. The molecule has 130 valence electrons. The molecule has 2 aliphatic heterocycles. The molecule has 2 amide bonds. The van der Waals surface area contributed by atoms with Gasteiger partial charge in [0.25, 0.3) is 0 Å². The van der Waals surface area contributed by atoms with Crippen LogP contribution in [0.15, 0.2) is 29.2 Å². The molecule has 3 atom stereocenters. The quantitative estimate of drug-likeness (QED) is 0.626. The lowest BCUT2D eigenvalue weighted by atomic mass is 9.71. The smallest absolute Gasteiger partial charge is 0.316 e. The van der Waals surface area contributed by atoms with E-state index in [9.17, 15) is 21.9 Å². The highest BCUT2D eigenvalue weighted by atomic mass is 32.3. The third kappa shape index (κ3) is 3.34. The summed E-state index contributed by atoms with van der Waals surface area (Å²) in [6.45, 7) is 1.19. The van der Waals surface area contributed by atoms with Crippen molar-refractivity contribution >= 4 is 22.0 Å². The SMILES string of the molecule is O=C1CCC(C2CNCCC2c2ccccc2S(=O)(=O)F)C(=O)N1. The largest absolute Gasteiger partial charge is 0.332 e. The normalized spacial score (nSPS) is 28.5. The monoisotopic (exact) mass is 354 g/mol. The zero-order valence-electron chi connectivity index (χ0n) is 13.0. The summed E-state index contributed by atoms with van der Waals surface area (Å²) in [6, 6.07) is 6.03. The summed E-state index contributed by atoms with van der Waals surface area (Å²) in [7, 11) is -4.83. The maximum Gasteiger partial charge on any atom is 0.332 e. The number of nitrogens with one attached hydrogen (secondary N) is 2. The third-order valence-corrected chi connectivity index (χ3v) is 5.81. The van der Waals surface area contributed by atoms with Gasteiger partial charge in [0.2, 0.25) is 11.8 Å². The molecule has 0 aliphatic carbocycles. The Morgan fingerprint density at radius 1 is 1.08 bits per heavy atom. The number of hydrogen-bond donors (Lipinski definition) is 2. The molecular formula is C16H19FN2O4S. The predicted octanol–water partition coefficient (Wildman–Crippen LogP) is 1.09. The van der Waals surface area contributed by atoms with Gasteiger partial charge in [-0.2, -0.15) is 8.42 Å². The molecule has 0 saturated carbocycles. The van der Waals surface area contributed by atoms with Gasteiger partial charge in [-0.3, -0.25) is 14.9 Å². The Labute approximate surface area is 140 Å². The standard InChI is InChI=1S/C16H19FN2O4S/c17-24(22,23)14-4-2-1-3-11(14)10-7-8-18-9-13(10)12-5-6-15(20)19-16(12)21/h1-4,10,12-13,18H,5-9H2,(H,19,20,21). The van der Waals surface area contributed by atoms with E-state index in [1.807, 2.05) is 0 Å². The van der Waals surface area contributed by atoms with Crippen LogP contribution in [0.2, 0.25) is 0 Å². The second kappa shape index (κ2) is 6.60. The molecule has 0 bridgehead atoms. The van der Waals surface area contributed by atoms with E-state index in [-0.39, 0.29) is 35.0 Å². The number of rotatable bonds is 3. The lowest BCUT2D eigenvalue weighted by Gasteiger charge is -2.38. The molecule has 3 unspecified atom stereocenters. The average Bonchev–Trinajstić information content (AvgIpc) is 2.54. The molecule has 2 aliphatic rings. The molecule has 1 aromatic rings. The summed E-state index contributed by atoms with van der Waals surface area (Å²) in [5, 5.41) is 5.56. The second-order valence-corrected chi connectivity index (χ2v) is 7.61. The van der Waals surface area contributed by atoms with Gasteiger partial charge in [0.15, 0.2) is 0 Å². The van der Waals surface area contributed by atoms with Crippen molar-refractivity contribution in [2.24, 2.45) is 11.8 Å². The number of piperidine rings is 2. The van der Waals surface area contributed by atoms with Gasteiger partial charge in [-0.25, -0.2) is 0 Å². The van der Waals surface area contributed by atoms with Crippen molar-refractivity contribution in [1.29, 1.82) is 0 Å². The molecule has 2 N–H and O–H groups in total. The first-order chi connectivity index (χ1) is 11.4. The molecule has 3 rings (SSSR count). The van der Waals surface area contributed by atoms with Crippen molar-refractivity contribution in [3.8, 4) is 0 Å². The van der Waals surface area contributed by atoms with Crippen molar-refractivity contribution in [2.45, 2.75) is 30.1 Å². The highest BCUT2D eigenvalue weighted by Crippen LogP contribution is 2.40. The number of hydrogen-bond acceptors (Lipinski definition) is 5. The third-order valence-electron chi connectivity index (χ3n) is 4.91. The van der Waals surface area contributed by atoms with Crippen molar-refractivity contribution in [2.75, 3.05) is 13.1 Å². The first-order valence-electron chi connectivity index (χ1n) is 7.96. The van der Waals surface area contributed by atoms with Crippen molar-refractivity contribution in [1.82, 2.24) is 10.6 Å². The van der Waals surface area contributed by atoms with E-state index in [1.165, 1.54) is 12.1 Å². The zero-order chi connectivity index (χ0) is 17.3. The Morgan fingerprint density at radius 2 is 1.83 bits per heavy atom. The van der Waals surface area contributed by atoms with Gasteiger partial charge < -0.3 is 5.32 Å². The van der Waals surface area contributed by atoms with Crippen LogP contribution >= 0.6 is 0 Å². The van der Waals surface area contributed by atoms with Crippen LogP contribution in [0.3, 0.4) is 0 Å². The van der Waals surface area contributed by atoms with E-state index >= 15 is 0 Å². The Kier molecular flexibility index (Phi) is 4.69. The fraction of sp³-hybridized carbons (Fsp3) is 0.500. The van der Waals surface area contributed by atoms with Crippen molar-refractivity contribution < 1.29 is 21.9 Å². The topological polar surface area (TPSA) is 92.3 Å². The average molecular weight is 354 g/mol. The van der Waals surface area contributed by atoms with Crippen LogP contribution in [0.4, 0.5) is 3.89 Å². The van der Waals surface area contributed by atoms with E-state index in [0.717, 1.165) is 0 Å². The van der Waals surface area contributed by atoms with Crippen LogP contribution in [0.1, 0.15) is 30.7 Å². The van der Waals surface area contributed by atoms with E-state index in [4.69, 9.17) is 0 Å². The highest BCUT2D eigenvalue weighted by Gasteiger charge is 2.40. The van der Waals surface area contributed by atoms with E-state index in [1.54, 1.807) is 12.1 Å². The molecule has 0 spiro atoms. The molecule has 1 aromatic carbocycles. The van der Waals surface area contributed by atoms with Crippen LogP contribution in [-0.2, 0) is 19.8 Å². The fourth-order valence-electron chi connectivity index (χ4n) is 3.82. The molecule has 2 fully saturated rings. The van der Waals surface area contributed by atoms with Gasteiger partial charge in [0, 0.05) is 12.3 Å². The van der Waals surface area contributed by atoms with Crippen molar-refractivity contribution in [3.05, 3.63) is 29.8 Å². The van der Waals surface area contributed by atoms with Crippen molar-refractivity contribution in [3.63, 3.8) is 0 Å². The van der Waals surface area contributed by atoms with Gasteiger partial charge >= 0.3 is 10.2 Å². The van der Waals surface area contributed by atoms with Gasteiger partial charge in [-0.15, -0.1) is 3.89 Å². The fourth-order valence-corrected chi connectivity index (χ4v) is 4.56. The molecule has 6 nitrogen and oxygen atoms in total. The molecule has 2 heterocycles. The van der Waals surface area contributed by atoms with Crippen LogP contribution in [0, 0.1) is 11.8 Å². The minimum absolute atomic E-state index is 0.185. The molecular weight excluding hydrogens is 335 g/mol. The van der Waals surface area contributed by atoms with Gasteiger partial charge in [-0.05, 0) is 49.4 Å². The van der Waals surface area contributed by atoms with Crippen LogP contribution < -0.4 is 10.6 Å². The van der Waals surface area contributed by atoms with Crippen LogP contribution in [-0.4, -0.2) is 33.3 Å². The number of carbonyl (C=O) groups is 2. The van der Waals surface area contributed by atoms with Gasteiger partial charge in [-0.1, -0.05) is 18.2 Å². The zero-order valence-corrected chi connectivity index (χ0v) is 13.8. The number of halogens is 1. The molecule has 8 heteroatoms. The maximum atomic E-state index is 13.7. The summed E-state index contributed by atoms with van der Waals surface area (Å²) >= 11 is 0. The van der Waals surface area contributed by atoms with E-state index < -0.39 is 16.1 Å². The van der Waals surface area contributed by atoms with E-state index in [2.05, 4.69) is 10.6 Å². The van der Waals surface area contributed by atoms with Crippen LogP contribution in [0.5, 0.6) is 0 Å².